The minimum atomic E-state index is -0.662. The quantitative estimate of drug-likeness (QED) is 0.699. The number of piperidine rings is 2. The Hall–Kier alpha value is -1.30. The largest absolute Gasteiger partial charge is 0.460 e. The molecule has 2 aliphatic heterocycles. The standard InChI is InChI=1S/C12H19NO5/c1-7(14)18-10-6-4-8-3-5-9(15)11(10)13(8)12(16)17-2/h8-11,15H,3-6H2,1-2H3/t8-,9-,10+,11+/m0/s1. The van der Waals surface area contributed by atoms with E-state index in [1.54, 1.807) is 4.90 Å². The Labute approximate surface area is 106 Å². The second kappa shape index (κ2) is 5.14. The van der Waals surface area contributed by atoms with Crippen molar-refractivity contribution in [2.24, 2.45) is 0 Å². The molecule has 1 N–H and O–H groups in total. The molecule has 102 valence electrons. The van der Waals surface area contributed by atoms with Crippen LogP contribution in [0.25, 0.3) is 0 Å². The van der Waals surface area contributed by atoms with Gasteiger partial charge in [-0.25, -0.2) is 4.79 Å². The summed E-state index contributed by atoms with van der Waals surface area (Å²) in [6, 6.07) is -0.397. The van der Waals surface area contributed by atoms with Gasteiger partial charge in [-0.05, 0) is 25.7 Å². The SMILES string of the molecule is COC(=O)N1[C@H]2CC[C@H](O)[C@@H]1[C@H](OC(C)=O)CC2. The van der Waals surface area contributed by atoms with E-state index in [0.29, 0.717) is 12.8 Å². The van der Waals surface area contributed by atoms with Crippen LogP contribution in [0.15, 0.2) is 0 Å². The van der Waals surface area contributed by atoms with Crippen LogP contribution >= 0.6 is 0 Å². The van der Waals surface area contributed by atoms with Crippen molar-refractivity contribution in [2.45, 2.75) is 56.9 Å². The highest BCUT2D eigenvalue weighted by Crippen LogP contribution is 2.36. The first-order valence-corrected chi connectivity index (χ1v) is 6.26. The Bertz CT molecular complexity index is 345. The number of carbonyl (C=O) groups excluding carboxylic acids is 2. The lowest BCUT2D eigenvalue weighted by molar-refractivity contribution is -0.162. The van der Waals surface area contributed by atoms with E-state index in [9.17, 15) is 14.7 Å². The van der Waals surface area contributed by atoms with E-state index in [1.807, 2.05) is 0 Å². The maximum absolute atomic E-state index is 11.8. The van der Waals surface area contributed by atoms with Gasteiger partial charge in [-0.2, -0.15) is 0 Å². The molecule has 0 radical (unpaired) electrons. The van der Waals surface area contributed by atoms with Crippen molar-refractivity contribution in [1.82, 2.24) is 4.90 Å². The number of carbonyl (C=O) groups is 2. The highest BCUT2D eigenvalue weighted by molar-refractivity contribution is 5.69. The van der Waals surface area contributed by atoms with E-state index in [2.05, 4.69) is 0 Å². The first-order chi connectivity index (χ1) is 8.54. The van der Waals surface area contributed by atoms with Gasteiger partial charge in [0.25, 0.3) is 0 Å². The number of nitrogens with zero attached hydrogens (tertiary/aromatic N) is 1. The zero-order valence-electron chi connectivity index (χ0n) is 10.7. The third-order valence-electron chi connectivity index (χ3n) is 3.77. The number of amides is 1. The fraction of sp³-hybridized carbons (Fsp3) is 0.833. The zero-order chi connectivity index (χ0) is 13.3. The summed E-state index contributed by atoms with van der Waals surface area (Å²) in [5.74, 6) is -0.388. The summed E-state index contributed by atoms with van der Waals surface area (Å²) in [7, 11) is 1.32. The zero-order valence-corrected chi connectivity index (χ0v) is 10.7. The summed E-state index contributed by atoms with van der Waals surface area (Å²) in [5, 5.41) is 10.1. The average molecular weight is 257 g/mol. The molecule has 6 heteroatoms. The summed E-state index contributed by atoms with van der Waals surface area (Å²) >= 11 is 0. The highest BCUT2D eigenvalue weighted by atomic mass is 16.6. The number of hydrogen-bond acceptors (Lipinski definition) is 5. The van der Waals surface area contributed by atoms with Gasteiger partial charge in [-0.1, -0.05) is 0 Å². The Kier molecular flexibility index (Phi) is 3.75. The molecule has 0 aromatic carbocycles. The molecule has 0 aromatic heterocycles. The molecule has 0 unspecified atom stereocenters. The van der Waals surface area contributed by atoms with Crippen LogP contribution in [0.3, 0.4) is 0 Å². The maximum atomic E-state index is 11.8. The van der Waals surface area contributed by atoms with E-state index in [4.69, 9.17) is 9.47 Å². The molecule has 6 nitrogen and oxygen atoms in total. The van der Waals surface area contributed by atoms with Gasteiger partial charge >= 0.3 is 12.1 Å². The van der Waals surface area contributed by atoms with Crippen molar-refractivity contribution >= 4 is 12.1 Å². The van der Waals surface area contributed by atoms with Gasteiger partial charge in [-0.15, -0.1) is 0 Å². The second-order valence-corrected chi connectivity index (χ2v) is 4.89. The smallest absolute Gasteiger partial charge is 0.410 e. The summed E-state index contributed by atoms with van der Waals surface area (Å²) < 4.78 is 9.99. The van der Waals surface area contributed by atoms with Gasteiger partial charge in [0.1, 0.15) is 6.10 Å². The van der Waals surface area contributed by atoms with Crippen LogP contribution in [0, 0.1) is 0 Å². The molecular formula is C12H19NO5. The van der Waals surface area contributed by atoms with Gasteiger partial charge in [0.15, 0.2) is 0 Å². The lowest BCUT2D eigenvalue weighted by atomic mass is 9.81. The minimum Gasteiger partial charge on any atom is -0.460 e. The average Bonchev–Trinajstić information content (AvgIpc) is 2.34. The molecular weight excluding hydrogens is 238 g/mol. The van der Waals surface area contributed by atoms with Crippen molar-refractivity contribution in [3.63, 3.8) is 0 Å². The van der Waals surface area contributed by atoms with Crippen LogP contribution in [-0.4, -0.2) is 53.5 Å². The number of rotatable bonds is 1. The van der Waals surface area contributed by atoms with E-state index in [0.717, 1.165) is 12.8 Å². The molecule has 2 rings (SSSR count). The summed E-state index contributed by atoms with van der Waals surface area (Å²) in [6.45, 7) is 1.34. The molecule has 0 spiro atoms. The van der Waals surface area contributed by atoms with Crippen molar-refractivity contribution in [3.05, 3.63) is 0 Å². The van der Waals surface area contributed by atoms with Crippen LogP contribution < -0.4 is 0 Å². The summed E-state index contributed by atoms with van der Waals surface area (Å²) in [5.41, 5.74) is 0. The first-order valence-electron chi connectivity index (χ1n) is 6.26. The molecule has 4 atom stereocenters. The lowest BCUT2D eigenvalue weighted by Crippen LogP contribution is -2.64. The van der Waals surface area contributed by atoms with Gasteiger partial charge in [0.05, 0.1) is 19.3 Å². The Morgan fingerprint density at radius 3 is 2.50 bits per heavy atom. The third kappa shape index (κ3) is 2.29. The molecule has 2 fully saturated rings. The Balaban J connectivity index is 2.21. The number of fused-ring (bicyclic) bond motifs is 2. The monoisotopic (exact) mass is 257 g/mol. The molecule has 0 saturated carbocycles. The Morgan fingerprint density at radius 1 is 1.22 bits per heavy atom. The number of methoxy groups -OCH3 is 1. The molecule has 2 bridgehead atoms. The van der Waals surface area contributed by atoms with Crippen molar-refractivity contribution in [3.8, 4) is 0 Å². The van der Waals surface area contributed by atoms with Gasteiger partial charge in [0.2, 0.25) is 0 Å². The van der Waals surface area contributed by atoms with E-state index < -0.39 is 24.3 Å². The lowest BCUT2D eigenvalue weighted by Gasteiger charge is -2.50. The predicted octanol–water partition coefficient (Wildman–Crippen LogP) is 0.672. The Morgan fingerprint density at radius 2 is 1.89 bits per heavy atom. The first kappa shape index (κ1) is 13.1. The van der Waals surface area contributed by atoms with E-state index in [1.165, 1.54) is 14.0 Å². The highest BCUT2D eigenvalue weighted by Gasteiger charge is 2.48. The topological polar surface area (TPSA) is 76.1 Å². The summed E-state index contributed by atoms with van der Waals surface area (Å²) in [4.78, 5) is 24.4. The van der Waals surface area contributed by atoms with Crippen LogP contribution in [-0.2, 0) is 14.3 Å². The number of esters is 1. The van der Waals surface area contributed by atoms with Crippen LogP contribution in [0.1, 0.15) is 32.6 Å². The molecule has 0 aromatic rings. The summed E-state index contributed by atoms with van der Waals surface area (Å²) in [6.07, 6.45) is 1.29. The van der Waals surface area contributed by atoms with Crippen molar-refractivity contribution < 1.29 is 24.2 Å². The third-order valence-corrected chi connectivity index (χ3v) is 3.77. The fourth-order valence-corrected chi connectivity index (χ4v) is 3.06. The molecule has 1 amide bonds. The van der Waals surface area contributed by atoms with E-state index in [-0.39, 0.29) is 12.0 Å². The number of hydrogen-bond donors (Lipinski definition) is 1. The minimum absolute atomic E-state index is 0.0812. The van der Waals surface area contributed by atoms with Crippen LogP contribution in [0.4, 0.5) is 4.79 Å². The van der Waals surface area contributed by atoms with Gasteiger partial charge < -0.3 is 14.6 Å². The number of aliphatic hydroxyl groups is 1. The van der Waals surface area contributed by atoms with Gasteiger partial charge in [0, 0.05) is 13.0 Å². The maximum Gasteiger partial charge on any atom is 0.410 e. The van der Waals surface area contributed by atoms with Crippen LogP contribution in [0.2, 0.25) is 0 Å². The predicted molar refractivity (Wildman–Crippen MR) is 61.8 cm³/mol. The number of aliphatic hydroxyl groups excluding tert-OH is 1. The molecule has 2 saturated heterocycles. The van der Waals surface area contributed by atoms with E-state index >= 15 is 0 Å². The normalized spacial score (nSPS) is 34.9. The van der Waals surface area contributed by atoms with Gasteiger partial charge in [-0.3, -0.25) is 9.69 Å². The number of ether oxygens (including phenoxy) is 2. The second-order valence-electron chi connectivity index (χ2n) is 4.89. The van der Waals surface area contributed by atoms with Crippen LogP contribution in [0.5, 0.6) is 0 Å². The van der Waals surface area contributed by atoms with Crippen molar-refractivity contribution in [2.75, 3.05) is 7.11 Å². The molecule has 2 aliphatic rings. The van der Waals surface area contributed by atoms with Crippen molar-refractivity contribution in [1.29, 1.82) is 0 Å². The molecule has 0 aliphatic carbocycles. The molecule has 2 heterocycles. The molecule has 18 heavy (non-hydrogen) atoms. The fourth-order valence-electron chi connectivity index (χ4n) is 3.06.